The van der Waals surface area contributed by atoms with Crippen molar-refractivity contribution in [2.24, 2.45) is 0 Å². The standard InChI is InChI=1S/C11H7F3N2/c1-3-9-7(2)15-10-5-4-8(6-16(9)10)11(12,13)14/h1,4-6H,2H3. The zero-order valence-corrected chi connectivity index (χ0v) is 8.34. The van der Waals surface area contributed by atoms with Crippen LogP contribution >= 0.6 is 0 Å². The lowest BCUT2D eigenvalue weighted by molar-refractivity contribution is -0.137. The lowest BCUT2D eigenvalue weighted by Crippen LogP contribution is -2.06. The van der Waals surface area contributed by atoms with Crippen molar-refractivity contribution in [3.05, 3.63) is 35.3 Å². The summed E-state index contributed by atoms with van der Waals surface area (Å²) in [6.45, 7) is 1.66. The second-order valence-electron chi connectivity index (χ2n) is 3.33. The SMILES string of the molecule is C#Cc1c(C)nc2ccc(C(F)(F)F)cn12. The number of aryl methyl sites for hydroxylation is 1. The molecule has 0 saturated heterocycles. The molecule has 0 fully saturated rings. The van der Waals surface area contributed by atoms with Gasteiger partial charge < -0.3 is 0 Å². The number of fused-ring (bicyclic) bond motifs is 1. The zero-order chi connectivity index (χ0) is 11.9. The van der Waals surface area contributed by atoms with Crippen molar-refractivity contribution < 1.29 is 13.2 Å². The summed E-state index contributed by atoms with van der Waals surface area (Å²) in [7, 11) is 0. The van der Waals surface area contributed by atoms with Gasteiger partial charge in [-0.05, 0) is 25.0 Å². The minimum atomic E-state index is -4.38. The van der Waals surface area contributed by atoms with E-state index in [9.17, 15) is 13.2 Å². The van der Waals surface area contributed by atoms with Crippen LogP contribution in [0.15, 0.2) is 18.3 Å². The van der Waals surface area contributed by atoms with Crippen LogP contribution in [0.25, 0.3) is 5.65 Å². The van der Waals surface area contributed by atoms with Crippen molar-refractivity contribution in [2.45, 2.75) is 13.1 Å². The molecule has 0 saturated carbocycles. The van der Waals surface area contributed by atoms with Crippen LogP contribution in [-0.2, 0) is 6.18 Å². The fourth-order valence-electron chi connectivity index (χ4n) is 1.50. The smallest absolute Gasteiger partial charge is 0.292 e. The molecule has 2 aromatic rings. The fourth-order valence-corrected chi connectivity index (χ4v) is 1.50. The van der Waals surface area contributed by atoms with Gasteiger partial charge >= 0.3 is 6.18 Å². The van der Waals surface area contributed by atoms with Gasteiger partial charge in [0, 0.05) is 6.20 Å². The highest BCUT2D eigenvalue weighted by atomic mass is 19.4. The molecule has 0 aromatic carbocycles. The maximum atomic E-state index is 12.5. The highest BCUT2D eigenvalue weighted by Crippen LogP contribution is 2.29. The topological polar surface area (TPSA) is 17.3 Å². The third kappa shape index (κ3) is 1.52. The summed E-state index contributed by atoms with van der Waals surface area (Å²) in [4.78, 5) is 4.06. The molecule has 2 aromatic heterocycles. The van der Waals surface area contributed by atoms with Gasteiger partial charge in [-0.3, -0.25) is 4.40 Å². The Hall–Kier alpha value is -1.96. The highest BCUT2D eigenvalue weighted by molar-refractivity contribution is 5.49. The van der Waals surface area contributed by atoms with Crippen molar-refractivity contribution in [3.63, 3.8) is 0 Å². The summed E-state index contributed by atoms with van der Waals surface area (Å²) in [6.07, 6.45) is 1.81. The Morgan fingerprint density at radius 2 is 2.06 bits per heavy atom. The minimum Gasteiger partial charge on any atom is -0.292 e. The number of imidazole rings is 1. The van der Waals surface area contributed by atoms with Gasteiger partial charge in [0.25, 0.3) is 0 Å². The quantitative estimate of drug-likeness (QED) is 0.629. The lowest BCUT2D eigenvalue weighted by atomic mass is 10.2. The average molecular weight is 224 g/mol. The first-order chi connectivity index (χ1) is 7.43. The molecule has 0 aliphatic rings. The van der Waals surface area contributed by atoms with Gasteiger partial charge in [-0.25, -0.2) is 4.98 Å². The predicted octanol–water partition coefficient (Wildman–Crippen LogP) is 2.64. The Bertz CT molecular complexity index is 588. The maximum absolute atomic E-state index is 12.5. The average Bonchev–Trinajstić information content (AvgIpc) is 2.50. The summed E-state index contributed by atoms with van der Waals surface area (Å²) in [5.41, 5.74) is 0.565. The largest absolute Gasteiger partial charge is 0.417 e. The Kier molecular flexibility index (Phi) is 2.16. The lowest BCUT2D eigenvalue weighted by Gasteiger charge is -2.06. The molecular formula is C11H7F3N2. The highest BCUT2D eigenvalue weighted by Gasteiger charge is 2.31. The second kappa shape index (κ2) is 3.27. The van der Waals surface area contributed by atoms with Crippen LogP contribution in [0.3, 0.4) is 0 Å². The van der Waals surface area contributed by atoms with Gasteiger partial charge in [0.05, 0.1) is 11.3 Å². The van der Waals surface area contributed by atoms with E-state index >= 15 is 0 Å². The van der Waals surface area contributed by atoms with E-state index in [2.05, 4.69) is 10.9 Å². The van der Waals surface area contributed by atoms with E-state index in [1.54, 1.807) is 6.92 Å². The molecule has 82 valence electrons. The molecule has 0 aliphatic carbocycles. The number of pyridine rings is 1. The molecular weight excluding hydrogens is 217 g/mol. The van der Waals surface area contributed by atoms with Crippen LogP contribution < -0.4 is 0 Å². The molecule has 0 aliphatic heterocycles. The minimum absolute atomic E-state index is 0.348. The molecule has 2 heterocycles. The number of halogens is 3. The number of rotatable bonds is 0. The van der Waals surface area contributed by atoms with Crippen LogP contribution in [0.5, 0.6) is 0 Å². The van der Waals surface area contributed by atoms with E-state index in [4.69, 9.17) is 6.42 Å². The Labute approximate surface area is 89.7 Å². The van der Waals surface area contributed by atoms with Crippen molar-refractivity contribution in [1.82, 2.24) is 9.38 Å². The van der Waals surface area contributed by atoms with Crippen molar-refractivity contribution in [2.75, 3.05) is 0 Å². The third-order valence-electron chi connectivity index (χ3n) is 2.26. The van der Waals surface area contributed by atoms with Gasteiger partial charge in [-0.15, -0.1) is 6.42 Å². The maximum Gasteiger partial charge on any atom is 0.417 e. The van der Waals surface area contributed by atoms with Crippen molar-refractivity contribution >= 4 is 5.65 Å². The molecule has 0 N–H and O–H groups in total. The van der Waals surface area contributed by atoms with Crippen molar-refractivity contribution in [3.8, 4) is 12.3 Å². The molecule has 0 spiro atoms. The molecule has 0 bridgehead atoms. The molecule has 2 rings (SSSR count). The first-order valence-electron chi connectivity index (χ1n) is 4.46. The number of terminal acetylenes is 1. The third-order valence-corrected chi connectivity index (χ3v) is 2.26. The number of aromatic nitrogens is 2. The Morgan fingerprint density at radius 1 is 1.38 bits per heavy atom. The van der Waals surface area contributed by atoms with E-state index in [0.717, 1.165) is 12.3 Å². The molecule has 0 atom stereocenters. The molecule has 0 unspecified atom stereocenters. The molecule has 5 heteroatoms. The van der Waals surface area contributed by atoms with Crippen LogP contribution in [0.2, 0.25) is 0 Å². The van der Waals surface area contributed by atoms with Gasteiger partial charge in [0.1, 0.15) is 11.3 Å². The first kappa shape index (κ1) is 10.6. The number of nitrogens with zero attached hydrogens (tertiary/aromatic N) is 2. The van der Waals surface area contributed by atoms with Crippen LogP contribution in [0.1, 0.15) is 17.0 Å². The van der Waals surface area contributed by atoms with Crippen LogP contribution in [-0.4, -0.2) is 9.38 Å². The van der Waals surface area contributed by atoms with Gasteiger partial charge in [-0.2, -0.15) is 13.2 Å². The number of hydrogen-bond donors (Lipinski definition) is 0. The monoisotopic (exact) mass is 224 g/mol. The fraction of sp³-hybridized carbons (Fsp3) is 0.182. The summed E-state index contributed by atoms with van der Waals surface area (Å²) < 4.78 is 38.7. The Balaban J connectivity index is 2.75. The Morgan fingerprint density at radius 3 is 2.62 bits per heavy atom. The van der Waals surface area contributed by atoms with E-state index < -0.39 is 11.7 Å². The van der Waals surface area contributed by atoms with E-state index in [1.807, 2.05) is 0 Å². The summed E-state index contributed by atoms with van der Waals surface area (Å²) >= 11 is 0. The van der Waals surface area contributed by atoms with Crippen molar-refractivity contribution in [1.29, 1.82) is 0 Å². The molecule has 2 nitrogen and oxygen atoms in total. The summed E-state index contributed by atoms with van der Waals surface area (Å²) in [5.74, 6) is 2.33. The predicted molar refractivity (Wildman–Crippen MR) is 52.9 cm³/mol. The van der Waals surface area contributed by atoms with Gasteiger partial charge in [-0.1, -0.05) is 0 Å². The molecule has 0 radical (unpaired) electrons. The van der Waals surface area contributed by atoms with Gasteiger partial charge in [0.15, 0.2) is 0 Å². The molecule has 0 amide bonds. The van der Waals surface area contributed by atoms with E-state index in [-0.39, 0.29) is 0 Å². The summed E-state index contributed by atoms with van der Waals surface area (Å²) in [5, 5.41) is 0. The molecule has 16 heavy (non-hydrogen) atoms. The van der Waals surface area contributed by atoms with Crippen LogP contribution in [0, 0.1) is 19.3 Å². The second-order valence-corrected chi connectivity index (χ2v) is 3.33. The zero-order valence-electron chi connectivity index (χ0n) is 8.34. The van der Waals surface area contributed by atoms with Crippen LogP contribution in [0.4, 0.5) is 13.2 Å². The number of alkyl halides is 3. The summed E-state index contributed by atoms with van der Waals surface area (Å²) in [6, 6.07) is 2.29. The number of hydrogen-bond acceptors (Lipinski definition) is 1. The first-order valence-corrected chi connectivity index (χ1v) is 4.46. The van der Waals surface area contributed by atoms with E-state index in [1.165, 1.54) is 10.5 Å². The van der Waals surface area contributed by atoms with E-state index in [0.29, 0.717) is 17.0 Å². The van der Waals surface area contributed by atoms with Gasteiger partial charge in [0.2, 0.25) is 0 Å². The normalized spacial score (nSPS) is 11.7.